The summed E-state index contributed by atoms with van der Waals surface area (Å²) in [5.74, 6) is -2.34. The summed E-state index contributed by atoms with van der Waals surface area (Å²) < 4.78 is 11.2. The van der Waals surface area contributed by atoms with Crippen molar-refractivity contribution in [2.75, 3.05) is 33.6 Å². The van der Waals surface area contributed by atoms with Gasteiger partial charge in [0, 0.05) is 18.0 Å². The van der Waals surface area contributed by atoms with Gasteiger partial charge in [-0.25, -0.2) is 9.59 Å². The van der Waals surface area contributed by atoms with Gasteiger partial charge in [-0.1, -0.05) is 30.4 Å². The van der Waals surface area contributed by atoms with Crippen molar-refractivity contribution >= 4 is 29.8 Å². The second-order valence-electron chi connectivity index (χ2n) is 7.03. The third kappa shape index (κ3) is 10.9. The highest BCUT2D eigenvalue weighted by molar-refractivity contribution is 7.98. The van der Waals surface area contributed by atoms with Gasteiger partial charge in [-0.15, -0.1) is 11.8 Å². The van der Waals surface area contributed by atoms with Gasteiger partial charge in [0.2, 0.25) is 0 Å². The predicted molar refractivity (Wildman–Crippen MR) is 129 cm³/mol. The van der Waals surface area contributed by atoms with Gasteiger partial charge in [0.15, 0.2) is 11.5 Å². The molecule has 2 rings (SSSR count). The normalized spacial score (nSPS) is 11.6. The van der Waals surface area contributed by atoms with Crippen LogP contribution in [0.2, 0.25) is 0 Å². The number of nitrogens with zero attached hydrogens (tertiary/aromatic N) is 1. The molecule has 0 aromatic heterocycles. The molecule has 0 saturated carbocycles. The molecule has 0 fully saturated rings. The van der Waals surface area contributed by atoms with Gasteiger partial charge < -0.3 is 24.8 Å². The maximum atomic E-state index is 10.3. The number of methoxy groups -OCH3 is 1. The van der Waals surface area contributed by atoms with Crippen molar-refractivity contribution in [3.8, 4) is 11.5 Å². The Morgan fingerprint density at radius 1 is 1.09 bits per heavy atom. The summed E-state index contributed by atoms with van der Waals surface area (Å²) in [5.41, 5.74) is 2.28. The van der Waals surface area contributed by atoms with Crippen LogP contribution in [0, 0.1) is 0 Å². The summed E-state index contributed by atoms with van der Waals surface area (Å²) in [6, 6.07) is 14.3. The molecule has 0 bridgehead atoms. The smallest absolute Gasteiger partial charge is 0.414 e. The molecule has 1 atom stereocenters. The lowest BCUT2D eigenvalue weighted by Gasteiger charge is -2.21. The predicted octanol–water partition coefficient (Wildman–Crippen LogP) is 3.48. The molecule has 180 valence electrons. The fourth-order valence-electron chi connectivity index (χ4n) is 2.81. The van der Waals surface area contributed by atoms with Crippen LogP contribution in [0.25, 0.3) is 6.08 Å². The number of thioether (sulfide) groups is 1. The third-order valence-electron chi connectivity index (χ3n) is 4.29. The van der Waals surface area contributed by atoms with Crippen LogP contribution in [-0.4, -0.2) is 71.8 Å². The van der Waals surface area contributed by atoms with Gasteiger partial charge in [0.05, 0.1) is 7.11 Å². The van der Waals surface area contributed by atoms with E-state index in [2.05, 4.69) is 35.4 Å². The fourth-order valence-corrected chi connectivity index (χ4v) is 3.21. The van der Waals surface area contributed by atoms with Crippen molar-refractivity contribution < 1.29 is 34.4 Å². The Labute approximate surface area is 198 Å². The van der Waals surface area contributed by atoms with Crippen molar-refractivity contribution in [2.45, 2.75) is 24.5 Å². The van der Waals surface area contributed by atoms with Crippen LogP contribution in [0.3, 0.4) is 0 Å². The van der Waals surface area contributed by atoms with Crippen LogP contribution < -0.4 is 9.47 Å². The number of benzene rings is 2. The molecule has 0 spiro atoms. The van der Waals surface area contributed by atoms with E-state index < -0.39 is 18.0 Å². The van der Waals surface area contributed by atoms with Gasteiger partial charge in [-0.2, -0.15) is 0 Å². The zero-order chi connectivity index (χ0) is 24.8. The first kappa shape index (κ1) is 28.0. The Balaban J connectivity index is 0.000000801. The van der Waals surface area contributed by atoms with Gasteiger partial charge in [-0.05, 0) is 55.6 Å². The summed E-state index contributed by atoms with van der Waals surface area (Å²) in [4.78, 5) is 21.5. The van der Waals surface area contributed by atoms with E-state index in [1.165, 1.54) is 10.5 Å². The molecule has 0 amide bonds. The average Bonchev–Trinajstić information content (AvgIpc) is 2.79. The van der Waals surface area contributed by atoms with Crippen molar-refractivity contribution in [3.63, 3.8) is 0 Å². The Bertz CT molecular complexity index is 904. The van der Waals surface area contributed by atoms with E-state index >= 15 is 0 Å². The van der Waals surface area contributed by atoms with Crippen molar-refractivity contribution in [2.24, 2.45) is 0 Å². The molecule has 2 aromatic rings. The van der Waals surface area contributed by atoms with Crippen LogP contribution in [-0.2, 0) is 16.1 Å². The number of aliphatic hydroxyl groups is 1. The topological polar surface area (TPSA) is 117 Å². The number of likely N-dealkylation sites (N-methyl/N-ethyl adjacent to an activating group) is 1. The third-order valence-corrected chi connectivity index (χ3v) is 5.04. The van der Waals surface area contributed by atoms with Crippen LogP contribution in [0.15, 0.2) is 53.4 Å². The molecular weight excluding hydrogens is 446 g/mol. The number of hydrogen-bond acceptors (Lipinski definition) is 7. The molecule has 8 nitrogen and oxygen atoms in total. The molecular formula is C24H31NO7S. The highest BCUT2D eigenvalue weighted by Crippen LogP contribution is 2.28. The SMILES string of the molecule is C/C=C/c1ccc(OCC(O)CN(C)Cc2ccc(SC)cc2)c(OC)c1.O=C(O)C(=O)O. The average molecular weight is 478 g/mol. The molecule has 33 heavy (non-hydrogen) atoms. The lowest BCUT2D eigenvalue weighted by atomic mass is 10.2. The van der Waals surface area contributed by atoms with Crippen LogP contribution in [0.1, 0.15) is 18.1 Å². The Hall–Kier alpha value is -3.01. The first-order valence-corrected chi connectivity index (χ1v) is 11.3. The number of allylic oxidation sites excluding steroid dienone is 1. The highest BCUT2D eigenvalue weighted by atomic mass is 32.2. The number of rotatable bonds is 10. The Morgan fingerprint density at radius 3 is 2.24 bits per heavy atom. The first-order valence-electron chi connectivity index (χ1n) is 10.1. The van der Waals surface area contributed by atoms with E-state index in [1.54, 1.807) is 18.9 Å². The monoisotopic (exact) mass is 477 g/mol. The van der Waals surface area contributed by atoms with E-state index in [0.717, 1.165) is 12.1 Å². The molecule has 9 heteroatoms. The van der Waals surface area contributed by atoms with E-state index in [0.29, 0.717) is 18.0 Å². The second-order valence-corrected chi connectivity index (χ2v) is 7.91. The van der Waals surface area contributed by atoms with Gasteiger partial charge in [-0.3, -0.25) is 4.90 Å². The lowest BCUT2D eigenvalue weighted by Crippen LogP contribution is -2.32. The molecule has 0 aliphatic carbocycles. The zero-order valence-electron chi connectivity index (χ0n) is 19.2. The van der Waals surface area contributed by atoms with Crippen molar-refractivity contribution in [3.05, 3.63) is 59.7 Å². The largest absolute Gasteiger partial charge is 0.493 e. The van der Waals surface area contributed by atoms with Gasteiger partial charge in [0.1, 0.15) is 12.7 Å². The van der Waals surface area contributed by atoms with Crippen molar-refractivity contribution in [1.82, 2.24) is 4.90 Å². The molecule has 2 aromatic carbocycles. The van der Waals surface area contributed by atoms with E-state index in [4.69, 9.17) is 29.3 Å². The fraction of sp³-hybridized carbons (Fsp3) is 0.333. The van der Waals surface area contributed by atoms with E-state index in [9.17, 15) is 5.11 Å². The number of carbonyl (C=O) groups is 2. The standard InChI is InChI=1S/C22H29NO3S.C2H2O4/c1-5-6-17-9-12-21(22(13-17)25-3)26-16-19(24)15-23(2)14-18-7-10-20(27-4)11-8-18;3-1(4)2(5)6/h5-13,19,24H,14-16H2,1-4H3;(H,3,4)(H,5,6)/b6-5+;. The van der Waals surface area contributed by atoms with Crippen molar-refractivity contribution in [1.29, 1.82) is 0 Å². The summed E-state index contributed by atoms with van der Waals surface area (Å²) in [6.07, 6.45) is 5.46. The van der Waals surface area contributed by atoms with E-state index in [-0.39, 0.29) is 6.61 Å². The maximum Gasteiger partial charge on any atom is 0.414 e. The summed E-state index contributed by atoms with van der Waals surface area (Å²) in [5, 5.41) is 25.1. The summed E-state index contributed by atoms with van der Waals surface area (Å²) in [7, 11) is 3.62. The summed E-state index contributed by atoms with van der Waals surface area (Å²) in [6.45, 7) is 3.51. The number of aliphatic hydroxyl groups excluding tert-OH is 1. The molecule has 3 N–H and O–H groups in total. The van der Waals surface area contributed by atoms with E-state index in [1.807, 2.05) is 44.3 Å². The number of ether oxygens (including phenoxy) is 2. The molecule has 0 saturated heterocycles. The number of carboxylic acid groups (broad SMARTS) is 2. The van der Waals surface area contributed by atoms with Crippen LogP contribution in [0.4, 0.5) is 0 Å². The molecule has 0 aliphatic heterocycles. The minimum absolute atomic E-state index is 0.217. The lowest BCUT2D eigenvalue weighted by molar-refractivity contribution is -0.159. The second kappa shape index (κ2) is 14.9. The quantitative estimate of drug-likeness (QED) is 0.349. The Kier molecular flexibility index (Phi) is 12.7. The minimum Gasteiger partial charge on any atom is -0.493 e. The maximum absolute atomic E-state index is 10.3. The molecule has 0 radical (unpaired) electrons. The number of carboxylic acids is 2. The Morgan fingerprint density at radius 2 is 1.73 bits per heavy atom. The summed E-state index contributed by atoms with van der Waals surface area (Å²) >= 11 is 1.73. The van der Waals surface area contributed by atoms with Crippen LogP contribution >= 0.6 is 11.8 Å². The molecule has 0 heterocycles. The molecule has 0 aliphatic rings. The number of aliphatic carboxylic acids is 2. The van der Waals surface area contributed by atoms with Crippen LogP contribution in [0.5, 0.6) is 11.5 Å². The highest BCUT2D eigenvalue weighted by Gasteiger charge is 2.12. The minimum atomic E-state index is -1.82. The van der Waals surface area contributed by atoms with Gasteiger partial charge in [0.25, 0.3) is 0 Å². The first-order chi connectivity index (χ1) is 15.7. The number of hydrogen-bond donors (Lipinski definition) is 3. The zero-order valence-corrected chi connectivity index (χ0v) is 20.0. The van der Waals surface area contributed by atoms with Gasteiger partial charge >= 0.3 is 11.9 Å². The molecule has 1 unspecified atom stereocenters.